The second-order valence-corrected chi connectivity index (χ2v) is 7.75. The lowest BCUT2D eigenvalue weighted by Crippen LogP contribution is -2.40. The van der Waals surface area contributed by atoms with Crippen molar-refractivity contribution in [2.24, 2.45) is 5.92 Å². The van der Waals surface area contributed by atoms with Crippen molar-refractivity contribution < 1.29 is 8.42 Å². The Kier molecular flexibility index (Phi) is 5.62. The van der Waals surface area contributed by atoms with E-state index in [1.54, 1.807) is 7.05 Å². The zero-order valence-corrected chi connectivity index (χ0v) is 12.7. The van der Waals surface area contributed by atoms with E-state index in [4.69, 9.17) is 0 Å². The van der Waals surface area contributed by atoms with E-state index >= 15 is 0 Å². The summed E-state index contributed by atoms with van der Waals surface area (Å²) >= 11 is 0. The largest absolute Gasteiger partial charge is 0.314 e. The summed E-state index contributed by atoms with van der Waals surface area (Å²) < 4.78 is 28.0. The Morgan fingerprint density at radius 1 is 1.16 bits per heavy atom. The Balaban J connectivity index is 1.56. The molecule has 2 N–H and O–H groups in total. The summed E-state index contributed by atoms with van der Waals surface area (Å²) in [5.41, 5.74) is 0. The van der Waals surface area contributed by atoms with Crippen molar-refractivity contribution >= 4 is 10.2 Å². The van der Waals surface area contributed by atoms with E-state index in [9.17, 15) is 8.42 Å². The van der Waals surface area contributed by atoms with Crippen molar-refractivity contribution in [1.29, 1.82) is 0 Å². The second kappa shape index (κ2) is 7.02. The van der Waals surface area contributed by atoms with Gasteiger partial charge in [-0.1, -0.05) is 19.3 Å². The zero-order valence-electron chi connectivity index (χ0n) is 11.9. The highest BCUT2D eigenvalue weighted by Crippen LogP contribution is 2.28. The third kappa shape index (κ3) is 5.38. The van der Waals surface area contributed by atoms with Crippen molar-refractivity contribution in [2.75, 3.05) is 26.7 Å². The molecule has 0 saturated heterocycles. The number of nitrogens with one attached hydrogen (secondary N) is 2. The van der Waals surface area contributed by atoms with Crippen LogP contribution in [0.3, 0.4) is 0 Å². The fourth-order valence-electron chi connectivity index (χ4n) is 2.30. The molecule has 2 rings (SSSR count). The van der Waals surface area contributed by atoms with E-state index in [0.717, 1.165) is 25.3 Å². The van der Waals surface area contributed by atoms with Crippen LogP contribution in [0.4, 0.5) is 0 Å². The highest BCUT2D eigenvalue weighted by molar-refractivity contribution is 7.87. The molecule has 0 spiro atoms. The molecule has 2 saturated carbocycles. The summed E-state index contributed by atoms with van der Waals surface area (Å²) in [5.74, 6) is 0.746. The summed E-state index contributed by atoms with van der Waals surface area (Å²) in [6.45, 7) is 2.07. The molecule has 0 radical (unpaired) electrons. The van der Waals surface area contributed by atoms with Crippen molar-refractivity contribution in [1.82, 2.24) is 14.3 Å². The van der Waals surface area contributed by atoms with Gasteiger partial charge >= 0.3 is 0 Å². The summed E-state index contributed by atoms with van der Waals surface area (Å²) in [5, 5.41) is 3.39. The molecule has 5 nitrogen and oxygen atoms in total. The van der Waals surface area contributed by atoms with Gasteiger partial charge in [0.15, 0.2) is 0 Å². The lowest BCUT2D eigenvalue weighted by atomic mass is 9.83. The predicted octanol–water partition coefficient (Wildman–Crippen LogP) is 1.08. The van der Waals surface area contributed by atoms with Crippen LogP contribution < -0.4 is 10.0 Å². The summed E-state index contributed by atoms with van der Waals surface area (Å²) in [6.07, 6.45) is 8.25. The normalized spacial score (nSPS) is 20.7. The van der Waals surface area contributed by atoms with Gasteiger partial charge in [-0.2, -0.15) is 12.7 Å². The van der Waals surface area contributed by atoms with Gasteiger partial charge in [-0.25, -0.2) is 4.72 Å². The van der Waals surface area contributed by atoms with Gasteiger partial charge in [0.2, 0.25) is 0 Å². The van der Waals surface area contributed by atoms with Crippen molar-refractivity contribution in [2.45, 2.75) is 51.0 Å². The first-order chi connectivity index (χ1) is 9.08. The molecule has 0 aromatic heterocycles. The molecular weight excluding hydrogens is 262 g/mol. The van der Waals surface area contributed by atoms with Gasteiger partial charge in [-0.3, -0.25) is 0 Å². The number of nitrogens with zero attached hydrogens (tertiary/aromatic N) is 1. The molecule has 0 bridgehead atoms. The first-order valence-corrected chi connectivity index (χ1v) is 8.96. The first kappa shape index (κ1) is 15.2. The minimum Gasteiger partial charge on any atom is -0.314 e. The van der Waals surface area contributed by atoms with Crippen LogP contribution in [-0.2, 0) is 10.2 Å². The molecule has 112 valence electrons. The topological polar surface area (TPSA) is 61.4 Å². The second-order valence-electron chi connectivity index (χ2n) is 5.89. The molecule has 0 aromatic carbocycles. The third-order valence-corrected chi connectivity index (χ3v) is 5.70. The van der Waals surface area contributed by atoms with Gasteiger partial charge in [-0.05, 0) is 38.1 Å². The zero-order chi connectivity index (χ0) is 13.7. The smallest absolute Gasteiger partial charge is 0.279 e. The van der Waals surface area contributed by atoms with Crippen LogP contribution in [0.1, 0.15) is 44.9 Å². The lowest BCUT2D eigenvalue weighted by Gasteiger charge is -2.25. The minimum atomic E-state index is -3.27. The van der Waals surface area contributed by atoms with Crippen LogP contribution in [0.15, 0.2) is 0 Å². The molecule has 19 heavy (non-hydrogen) atoms. The van der Waals surface area contributed by atoms with E-state index < -0.39 is 10.2 Å². The Morgan fingerprint density at radius 2 is 1.89 bits per heavy atom. The van der Waals surface area contributed by atoms with Gasteiger partial charge in [0.05, 0.1) is 0 Å². The molecule has 0 atom stereocenters. The maximum Gasteiger partial charge on any atom is 0.279 e. The van der Waals surface area contributed by atoms with Crippen LogP contribution >= 0.6 is 0 Å². The average Bonchev–Trinajstić information content (AvgIpc) is 3.11. The van der Waals surface area contributed by atoms with E-state index in [0.29, 0.717) is 19.1 Å². The standard InChI is InChI=1S/C13H27N3O2S/c1-16(11-3-9-14-13-6-7-13)19(17,18)15-10-8-12-4-2-5-12/h12-15H,2-11H2,1H3. The van der Waals surface area contributed by atoms with Crippen LogP contribution in [0.2, 0.25) is 0 Å². The lowest BCUT2D eigenvalue weighted by molar-refractivity contribution is 0.296. The van der Waals surface area contributed by atoms with Crippen LogP contribution in [0.25, 0.3) is 0 Å². The molecule has 0 aliphatic heterocycles. The maximum absolute atomic E-state index is 12.0. The van der Waals surface area contributed by atoms with Gasteiger partial charge in [0.25, 0.3) is 10.2 Å². The third-order valence-electron chi connectivity index (χ3n) is 4.13. The van der Waals surface area contributed by atoms with Gasteiger partial charge < -0.3 is 5.32 Å². The van der Waals surface area contributed by atoms with Crippen molar-refractivity contribution in [3.05, 3.63) is 0 Å². The molecule has 0 unspecified atom stereocenters. The van der Waals surface area contributed by atoms with E-state index in [1.807, 2.05) is 0 Å². The highest BCUT2D eigenvalue weighted by atomic mass is 32.2. The Bertz CT molecular complexity index is 364. The maximum atomic E-state index is 12.0. The fraction of sp³-hybridized carbons (Fsp3) is 1.00. The Morgan fingerprint density at radius 3 is 2.47 bits per heavy atom. The number of hydrogen-bond acceptors (Lipinski definition) is 3. The van der Waals surface area contributed by atoms with E-state index in [-0.39, 0.29) is 0 Å². The average molecular weight is 289 g/mol. The minimum absolute atomic E-state index is 0.581. The number of hydrogen-bond donors (Lipinski definition) is 2. The molecular formula is C13H27N3O2S. The van der Waals surface area contributed by atoms with E-state index in [1.165, 1.54) is 36.4 Å². The van der Waals surface area contributed by atoms with E-state index in [2.05, 4.69) is 10.0 Å². The fourth-order valence-corrected chi connectivity index (χ4v) is 3.26. The first-order valence-electron chi connectivity index (χ1n) is 7.52. The van der Waals surface area contributed by atoms with Gasteiger partial charge in [-0.15, -0.1) is 0 Å². The monoisotopic (exact) mass is 289 g/mol. The van der Waals surface area contributed by atoms with Crippen molar-refractivity contribution in [3.8, 4) is 0 Å². The van der Waals surface area contributed by atoms with Gasteiger partial charge in [0.1, 0.15) is 0 Å². The molecule has 2 fully saturated rings. The SMILES string of the molecule is CN(CCCNC1CC1)S(=O)(=O)NCCC1CCC1. The molecule has 0 amide bonds. The highest BCUT2D eigenvalue weighted by Gasteiger charge is 2.21. The molecule has 6 heteroatoms. The molecule has 2 aliphatic carbocycles. The Labute approximate surface area is 117 Å². The molecule has 0 aromatic rings. The predicted molar refractivity (Wildman–Crippen MR) is 77.2 cm³/mol. The van der Waals surface area contributed by atoms with Gasteiger partial charge in [0, 0.05) is 26.2 Å². The summed E-state index contributed by atoms with van der Waals surface area (Å²) in [4.78, 5) is 0. The molecule has 0 heterocycles. The Hall–Kier alpha value is -0.170. The quantitative estimate of drug-likeness (QED) is 0.592. The van der Waals surface area contributed by atoms with Crippen LogP contribution in [-0.4, -0.2) is 45.4 Å². The van der Waals surface area contributed by atoms with Crippen LogP contribution in [0.5, 0.6) is 0 Å². The summed E-state index contributed by atoms with van der Waals surface area (Å²) in [6, 6.07) is 0.697. The summed E-state index contributed by atoms with van der Waals surface area (Å²) in [7, 11) is -1.61. The number of rotatable bonds is 10. The van der Waals surface area contributed by atoms with Crippen molar-refractivity contribution in [3.63, 3.8) is 0 Å². The molecule has 2 aliphatic rings. The van der Waals surface area contributed by atoms with Crippen LogP contribution in [0, 0.1) is 5.92 Å².